The van der Waals surface area contributed by atoms with Crippen molar-refractivity contribution in [1.29, 1.82) is 0 Å². The Morgan fingerprint density at radius 2 is 1.61 bits per heavy atom. The second-order valence-electron chi connectivity index (χ2n) is 9.72. The van der Waals surface area contributed by atoms with Gasteiger partial charge in [-0.2, -0.15) is 0 Å². The minimum atomic E-state index is -0.255. The summed E-state index contributed by atoms with van der Waals surface area (Å²) in [6, 6.07) is 18.0. The van der Waals surface area contributed by atoms with E-state index in [1.807, 2.05) is 49.4 Å². The quantitative estimate of drug-likeness (QED) is 0.558. The van der Waals surface area contributed by atoms with Crippen LogP contribution in [0.3, 0.4) is 0 Å². The van der Waals surface area contributed by atoms with Gasteiger partial charge in [0, 0.05) is 16.0 Å². The van der Waals surface area contributed by atoms with Crippen molar-refractivity contribution in [2.45, 2.75) is 29.5 Å². The highest BCUT2D eigenvalue weighted by atomic mass is 32.2. The molecule has 0 unspecified atom stereocenters. The molecule has 0 radical (unpaired) electrons. The summed E-state index contributed by atoms with van der Waals surface area (Å²) in [6.45, 7) is 2.00. The fourth-order valence-electron chi connectivity index (χ4n) is 7.00. The van der Waals surface area contributed by atoms with E-state index in [9.17, 15) is 14.4 Å². The maximum absolute atomic E-state index is 13.7. The molecule has 7 atom stereocenters. The van der Waals surface area contributed by atoms with Crippen LogP contribution in [0.5, 0.6) is 0 Å². The number of benzene rings is 2. The molecule has 2 aliphatic heterocycles. The molecule has 4 aliphatic rings. The lowest BCUT2D eigenvalue weighted by Crippen LogP contribution is -2.42. The van der Waals surface area contributed by atoms with Gasteiger partial charge in [0.15, 0.2) is 0 Å². The van der Waals surface area contributed by atoms with Crippen LogP contribution >= 0.6 is 23.1 Å². The topological polar surface area (TPSA) is 70.2 Å². The lowest BCUT2D eigenvalue weighted by Gasteiger charge is -2.43. The molecule has 166 valence electrons. The number of aromatic nitrogens is 1. The first-order valence-electron chi connectivity index (χ1n) is 11.4. The summed E-state index contributed by atoms with van der Waals surface area (Å²) < 4.78 is 0. The lowest BCUT2D eigenvalue weighted by molar-refractivity contribution is -0.123. The van der Waals surface area contributed by atoms with Crippen LogP contribution in [0.2, 0.25) is 0 Å². The van der Waals surface area contributed by atoms with E-state index >= 15 is 0 Å². The van der Waals surface area contributed by atoms with Crippen molar-refractivity contribution in [2.75, 3.05) is 4.90 Å². The molecule has 2 aliphatic carbocycles. The van der Waals surface area contributed by atoms with Gasteiger partial charge in [0.25, 0.3) is 0 Å². The second kappa shape index (κ2) is 6.93. The highest BCUT2D eigenvalue weighted by molar-refractivity contribution is 8.00. The Labute approximate surface area is 199 Å². The summed E-state index contributed by atoms with van der Waals surface area (Å²) in [5, 5.41) is 1.19. The number of carbonyl (C=O) groups is 2. The lowest BCUT2D eigenvalue weighted by atomic mass is 9.68. The Morgan fingerprint density at radius 1 is 0.909 bits per heavy atom. The Kier molecular flexibility index (Phi) is 4.16. The third-order valence-corrected chi connectivity index (χ3v) is 10.8. The standard InChI is InChI=1S/C26H22N2O3S2/c1-12-7-9-14(10-8-12)28-24(29)19-15-11-16(20(19)25(28)30)21-18(15)17(13-5-3-2-4-6-13)22-23(32-21)27-26(31)33-22/h2-10,15-21H,11H2,1H3,(H,27,31)/t15-,16-,17+,18-,19+,20-,21+/m1/s1. The molecule has 2 bridgehead atoms. The van der Waals surface area contributed by atoms with Gasteiger partial charge in [-0.3, -0.25) is 19.3 Å². The number of aromatic amines is 1. The van der Waals surface area contributed by atoms with E-state index in [0.29, 0.717) is 5.69 Å². The number of hydrogen-bond donors (Lipinski definition) is 1. The van der Waals surface area contributed by atoms with Crippen molar-refractivity contribution in [2.24, 2.45) is 29.6 Å². The maximum Gasteiger partial charge on any atom is 0.305 e. The van der Waals surface area contributed by atoms with Crippen molar-refractivity contribution >= 4 is 40.6 Å². The Morgan fingerprint density at radius 3 is 2.33 bits per heavy atom. The van der Waals surface area contributed by atoms with E-state index in [-0.39, 0.29) is 57.4 Å². The zero-order valence-electron chi connectivity index (χ0n) is 17.9. The van der Waals surface area contributed by atoms with Gasteiger partial charge >= 0.3 is 4.87 Å². The van der Waals surface area contributed by atoms with Crippen molar-refractivity contribution in [3.63, 3.8) is 0 Å². The number of H-pyrrole nitrogens is 1. The molecule has 3 aromatic rings. The number of thiazole rings is 1. The smallest absolute Gasteiger partial charge is 0.305 e. The number of aryl methyl sites for hydroxylation is 1. The van der Waals surface area contributed by atoms with Crippen LogP contribution in [-0.4, -0.2) is 22.0 Å². The average molecular weight is 475 g/mol. The van der Waals surface area contributed by atoms with Gasteiger partial charge in [-0.05, 0) is 48.8 Å². The molecule has 1 saturated heterocycles. The van der Waals surface area contributed by atoms with Gasteiger partial charge in [0.1, 0.15) is 0 Å². The molecule has 3 fully saturated rings. The largest absolute Gasteiger partial charge is 0.307 e. The summed E-state index contributed by atoms with van der Waals surface area (Å²) in [7, 11) is 0. The van der Waals surface area contributed by atoms with E-state index in [0.717, 1.165) is 21.9 Å². The number of hydrogen-bond acceptors (Lipinski definition) is 5. The van der Waals surface area contributed by atoms with Crippen molar-refractivity contribution in [1.82, 2.24) is 4.98 Å². The van der Waals surface area contributed by atoms with Gasteiger partial charge in [0.2, 0.25) is 11.8 Å². The van der Waals surface area contributed by atoms with Crippen molar-refractivity contribution in [3.8, 4) is 0 Å². The first-order valence-corrected chi connectivity index (χ1v) is 13.1. The molecule has 5 nitrogen and oxygen atoms in total. The molecule has 3 heterocycles. The number of nitrogens with zero attached hydrogens (tertiary/aromatic N) is 1. The molecule has 33 heavy (non-hydrogen) atoms. The van der Waals surface area contributed by atoms with Crippen LogP contribution in [0.4, 0.5) is 5.69 Å². The summed E-state index contributed by atoms with van der Waals surface area (Å²) in [4.78, 5) is 45.1. The van der Waals surface area contributed by atoms with Gasteiger partial charge in [0.05, 0.1) is 22.5 Å². The Bertz CT molecular complexity index is 1350. The van der Waals surface area contributed by atoms with Crippen LogP contribution < -0.4 is 9.77 Å². The van der Waals surface area contributed by atoms with Crippen LogP contribution in [0.25, 0.3) is 0 Å². The third kappa shape index (κ3) is 2.63. The zero-order chi connectivity index (χ0) is 22.4. The SMILES string of the molecule is Cc1ccc(N2C(=O)[C@@H]3[C@H]4C[C@@H]([C@@H]3C2=O)[C@@H]2[C@H](c3ccccc3)c3sc(=O)[nH]c3S[C@@H]42)cc1. The number of imide groups is 1. The Hall–Kier alpha value is -2.64. The van der Waals surface area contributed by atoms with Gasteiger partial charge < -0.3 is 4.98 Å². The minimum Gasteiger partial charge on any atom is -0.307 e. The van der Waals surface area contributed by atoms with Crippen LogP contribution in [-0.2, 0) is 9.59 Å². The van der Waals surface area contributed by atoms with E-state index in [1.54, 1.807) is 11.8 Å². The van der Waals surface area contributed by atoms with Gasteiger partial charge in [-0.15, -0.1) is 11.8 Å². The first-order chi connectivity index (χ1) is 16.0. The first kappa shape index (κ1) is 19.8. The fourth-order valence-corrected chi connectivity index (χ4v) is 9.89. The summed E-state index contributed by atoms with van der Waals surface area (Å²) in [6.07, 6.45) is 0.916. The van der Waals surface area contributed by atoms with Gasteiger partial charge in [-0.25, -0.2) is 0 Å². The molecule has 7 heteroatoms. The zero-order valence-corrected chi connectivity index (χ0v) is 19.6. The number of amides is 2. The minimum absolute atomic E-state index is 0.0290. The number of thioether (sulfide) groups is 1. The number of fused-ring (bicyclic) bond motifs is 9. The van der Waals surface area contributed by atoms with Gasteiger partial charge in [-0.1, -0.05) is 59.4 Å². The molecule has 2 saturated carbocycles. The number of carbonyl (C=O) groups excluding carboxylic acids is 2. The fraction of sp³-hybridized carbons (Fsp3) is 0.346. The highest BCUT2D eigenvalue weighted by Crippen LogP contribution is 2.68. The van der Waals surface area contributed by atoms with E-state index in [1.165, 1.54) is 21.8 Å². The number of anilines is 1. The number of rotatable bonds is 2. The molecule has 2 amide bonds. The van der Waals surface area contributed by atoms with E-state index in [4.69, 9.17) is 0 Å². The molecular weight excluding hydrogens is 452 g/mol. The predicted molar refractivity (Wildman–Crippen MR) is 129 cm³/mol. The Balaban J connectivity index is 1.33. The predicted octanol–water partition coefficient (Wildman–Crippen LogP) is 4.42. The van der Waals surface area contributed by atoms with Crippen LogP contribution in [0.15, 0.2) is 64.4 Å². The van der Waals surface area contributed by atoms with E-state index < -0.39 is 0 Å². The second-order valence-corrected chi connectivity index (χ2v) is 11.9. The number of nitrogens with one attached hydrogen (secondary N) is 1. The summed E-state index contributed by atoms with van der Waals surface area (Å²) in [5.74, 6) is 0.0616. The molecule has 0 spiro atoms. The van der Waals surface area contributed by atoms with E-state index in [2.05, 4.69) is 17.1 Å². The maximum atomic E-state index is 13.7. The normalized spacial score (nSPS) is 33.8. The average Bonchev–Trinajstić information content (AvgIpc) is 3.54. The third-order valence-electron chi connectivity index (χ3n) is 8.17. The molecular formula is C26H22N2O3S2. The van der Waals surface area contributed by atoms with Crippen molar-refractivity contribution < 1.29 is 9.59 Å². The monoisotopic (exact) mass is 474 g/mol. The highest BCUT2D eigenvalue weighted by Gasteiger charge is 2.69. The molecule has 1 aromatic heterocycles. The summed E-state index contributed by atoms with van der Waals surface area (Å²) in [5.41, 5.74) is 2.98. The molecule has 1 N–H and O–H groups in total. The van der Waals surface area contributed by atoms with Crippen molar-refractivity contribution in [3.05, 3.63) is 80.3 Å². The van der Waals surface area contributed by atoms with Crippen LogP contribution in [0, 0.1) is 36.5 Å². The molecule has 7 rings (SSSR count). The summed E-state index contributed by atoms with van der Waals surface area (Å²) >= 11 is 3.03. The van der Waals surface area contributed by atoms with Crippen LogP contribution in [0.1, 0.15) is 28.3 Å². The molecule has 2 aromatic carbocycles.